The van der Waals surface area contributed by atoms with Crippen LogP contribution < -0.4 is 34.3 Å². The average Bonchev–Trinajstić information content (AvgIpc) is 2.43. The summed E-state index contributed by atoms with van der Waals surface area (Å²) in [4.78, 5) is 0. The van der Waals surface area contributed by atoms with Gasteiger partial charge in [-0.15, -0.1) is 0 Å². The van der Waals surface area contributed by atoms with Gasteiger partial charge < -0.3 is 38.8 Å². The summed E-state index contributed by atoms with van der Waals surface area (Å²) in [5, 5.41) is 0. The zero-order valence-corrected chi connectivity index (χ0v) is 13.9. The van der Waals surface area contributed by atoms with Crippen molar-refractivity contribution in [3.63, 3.8) is 0 Å². The predicted octanol–water partition coefficient (Wildman–Crippen LogP) is -2.07. The minimum atomic E-state index is 0. The summed E-state index contributed by atoms with van der Waals surface area (Å²) in [6.07, 6.45) is 2.04. The highest BCUT2D eigenvalue weighted by molar-refractivity contribution is 5.54. The second kappa shape index (κ2) is 9.84. The Hall–Kier alpha value is -1.01. The van der Waals surface area contributed by atoms with Crippen LogP contribution in [0.3, 0.4) is 0 Å². The van der Waals surface area contributed by atoms with E-state index in [-0.39, 0.29) is 12.4 Å². The highest BCUT2D eigenvalue weighted by Crippen LogP contribution is 2.24. The SMILES string of the molecule is COc1ccc(C[N+](C)(CCCN)CCCN)cc1N.[Cl-]. The third kappa shape index (κ3) is 6.52. The number of nitrogens with zero attached hydrogens (tertiary/aromatic N) is 1. The quantitative estimate of drug-likeness (QED) is 0.361. The van der Waals surface area contributed by atoms with Gasteiger partial charge in [0.2, 0.25) is 0 Å². The lowest BCUT2D eigenvalue weighted by Crippen LogP contribution is -3.00. The lowest BCUT2D eigenvalue weighted by atomic mass is 10.1. The molecule has 0 radical (unpaired) electrons. The monoisotopic (exact) mass is 316 g/mol. The van der Waals surface area contributed by atoms with Crippen molar-refractivity contribution in [1.29, 1.82) is 0 Å². The van der Waals surface area contributed by atoms with E-state index in [0.29, 0.717) is 5.69 Å². The molecule has 0 saturated heterocycles. The zero-order valence-electron chi connectivity index (χ0n) is 13.1. The van der Waals surface area contributed by atoms with E-state index in [1.165, 1.54) is 5.56 Å². The minimum Gasteiger partial charge on any atom is -1.00 e. The van der Waals surface area contributed by atoms with Crippen LogP contribution in [0.25, 0.3) is 0 Å². The van der Waals surface area contributed by atoms with Crippen LogP contribution in [0.2, 0.25) is 0 Å². The number of nitrogen functional groups attached to an aromatic ring is 1. The van der Waals surface area contributed by atoms with Crippen LogP contribution >= 0.6 is 0 Å². The van der Waals surface area contributed by atoms with Crippen LogP contribution in [0, 0.1) is 0 Å². The molecule has 0 aliphatic carbocycles. The molecular weight excluding hydrogens is 288 g/mol. The number of halogens is 1. The number of quaternary nitrogens is 1. The van der Waals surface area contributed by atoms with Crippen molar-refractivity contribution in [1.82, 2.24) is 0 Å². The van der Waals surface area contributed by atoms with Gasteiger partial charge in [-0.3, -0.25) is 0 Å². The van der Waals surface area contributed by atoms with Crippen molar-refractivity contribution in [2.75, 3.05) is 46.1 Å². The van der Waals surface area contributed by atoms with E-state index in [1.54, 1.807) is 7.11 Å². The number of ether oxygens (including phenoxy) is 1. The van der Waals surface area contributed by atoms with E-state index >= 15 is 0 Å². The molecule has 0 heterocycles. The van der Waals surface area contributed by atoms with Crippen molar-refractivity contribution >= 4 is 5.69 Å². The van der Waals surface area contributed by atoms with E-state index in [4.69, 9.17) is 21.9 Å². The Balaban J connectivity index is 0.00000400. The lowest BCUT2D eigenvalue weighted by molar-refractivity contribution is -0.922. The standard InChI is InChI=1S/C15H29N4O.ClH/c1-19(9-3-7-16,10-4-8-17)12-13-5-6-15(20-2)14(18)11-13;/h5-6,11H,3-4,7-10,12,16-18H2,1-2H3;1H/q+1;/p-1. The third-order valence-electron chi connectivity index (χ3n) is 3.66. The molecule has 122 valence electrons. The van der Waals surface area contributed by atoms with Crippen LogP contribution in [0.1, 0.15) is 18.4 Å². The Morgan fingerprint density at radius 2 is 1.67 bits per heavy atom. The molecule has 21 heavy (non-hydrogen) atoms. The summed E-state index contributed by atoms with van der Waals surface area (Å²) >= 11 is 0. The summed E-state index contributed by atoms with van der Waals surface area (Å²) in [6, 6.07) is 6.01. The van der Waals surface area contributed by atoms with Gasteiger partial charge in [0.05, 0.1) is 32.9 Å². The van der Waals surface area contributed by atoms with Crippen molar-refractivity contribution in [3.05, 3.63) is 23.8 Å². The Labute approximate surface area is 134 Å². The van der Waals surface area contributed by atoms with Crippen molar-refractivity contribution in [2.45, 2.75) is 19.4 Å². The van der Waals surface area contributed by atoms with Crippen LogP contribution in [-0.4, -0.2) is 44.8 Å². The van der Waals surface area contributed by atoms with Gasteiger partial charge in [0.1, 0.15) is 12.3 Å². The lowest BCUT2D eigenvalue weighted by Gasteiger charge is -2.35. The van der Waals surface area contributed by atoms with E-state index in [0.717, 1.165) is 55.8 Å². The first-order valence-corrected chi connectivity index (χ1v) is 7.21. The Morgan fingerprint density at radius 1 is 1.10 bits per heavy atom. The van der Waals surface area contributed by atoms with Crippen LogP contribution in [0.4, 0.5) is 5.69 Å². The molecule has 1 aromatic carbocycles. The van der Waals surface area contributed by atoms with Crippen molar-refractivity contribution in [3.8, 4) is 5.75 Å². The maximum absolute atomic E-state index is 5.98. The smallest absolute Gasteiger partial charge is 0.141 e. The number of methoxy groups -OCH3 is 1. The second-order valence-electron chi connectivity index (χ2n) is 5.59. The first kappa shape index (κ1) is 20.0. The Kier molecular flexibility index (Phi) is 9.37. The van der Waals surface area contributed by atoms with Crippen LogP contribution in [-0.2, 0) is 6.54 Å². The molecule has 0 spiro atoms. The topological polar surface area (TPSA) is 87.3 Å². The van der Waals surface area contributed by atoms with E-state index in [2.05, 4.69) is 13.1 Å². The largest absolute Gasteiger partial charge is 1.00 e. The van der Waals surface area contributed by atoms with E-state index < -0.39 is 0 Å². The van der Waals surface area contributed by atoms with Gasteiger partial charge in [0.15, 0.2) is 0 Å². The molecule has 0 unspecified atom stereocenters. The predicted molar refractivity (Wildman–Crippen MR) is 84.4 cm³/mol. The molecule has 6 N–H and O–H groups in total. The molecular formula is C15H29ClN4O. The summed E-state index contributed by atoms with van der Waals surface area (Å²) in [6.45, 7) is 4.50. The highest BCUT2D eigenvalue weighted by atomic mass is 35.5. The summed E-state index contributed by atoms with van der Waals surface area (Å²) in [5.41, 5.74) is 19.2. The Morgan fingerprint density at radius 3 is 2.10 bits per heavy atom. The zero-order chi connectivity index (χ0) is 15.0. The maximum Gasteiger partial charge on any atom is 0.141 e. The number of benzene rings is 1. The summed E-state index contributed by atoms with van der Waals surface area (Å²) < 4.78 is 6.14. The fourth-order valence-corrected chi connectivity index (χ4v) is 2.54. The normalized spacial score (nSPS) is 11.0. The molecule has 0 aliphatic heterocycles. The molecule has 0 bridgehead atoms. The maximum atomic E-state index is 5.98. The van der Waals surface area contributed by atoms with Gasteiger partial charge in [-0.25, -0.2) is 0 Å². The number of hydrogen-bond acceptors (Lipinski definition) is 4. The summed E-state index contributed by atoms with van der Waals surface area (Å²) in [5.74, 6) is 0.729. The van der Waals surface area contributed by atoms with Gasteiger partial charge in [-0.1, -0.05) is 0 Å². The van der Waals surface area contributed by atoms with Gasteiger partial charge in [0, 0.05) is 18.4 Å². The van der Waals surface area contributed by atoms with Crippen LogP contribution in [0.15, 0.2) is 18.2 Å². The molecule has 0 atom stereocenters. The number of anilines is 1. The molecule has 1 aromatic rings. The first-order chi connectivity index (χ1) is 9.54. The van der Waals surface area contributed by atoms with Crippen molar-refractivity contribution < 1.29 is 21.6 Å². The van der Waals surface area contributed by atoms with Crippen molar-refractivity contribution in [2.24, 2.45) is 11.5 Å². The molecule has 5 nitrogen and oxygen atoms in total. The second-order valence-corrected chi connectivity index (χ2v) is 5.59. The van der Waals surface area contributed by atoms with Gasteiger partial charge in [-0.05, 0) is 31.3 Å². The van der Waals surface area contributed by atoms with Gasteiger partial charge >= 0.3 is 0 Å². The molecule has 0 aromatic heterocycles. The minimum absolute atomic E-state index is 0. The number of hydrogen-bond donors (Lipinski definition) is 3. The fraction of sp³-hybridized carbons (Fsp3) is 0.600. The molecule has 0 aliphatic rings. The Bertz CT molecular complexity index is 407. The number of rotatable bonds is 9. The summed E-state index contributed by atoms with van der Waals surface area (Å²) in [7, 11) is 3.89. The van der Waals surface area contributed by atoms with E-state index in [1.807, 2.05) is 12.1 Å². The van der Waals surface area contributed by atoms with Gasteiger partial charge in [0.25, 0.3) is 0 Å². The third-order valence-corrected chi connectivity index (χ3v) is 3.66. The first-order valence-electron chi connectivity index (χ1n) is 7.21. The molecule has 1 rings (SSSR count). The number of nitrogens with two attached hydrogens (primary N) is 3. The molecule has 0 fully saturated rings. The van der Waals surface area contributed by atoms with Gasteiger partial charge in [-0.2, -0.15) is 0 Å². The average molecular weight is 317 g/mol. The molecule has 6 heteroatoms. The molecule has 0 amide bonds. The highest BCUT2D eigenvalue weighted by Gasteiger charge is 2.21. The fourth-order valence-electron chi connectivity index (χ4n) is 2.54. The van der Waals surface area contributed by atoms with E-state index in [9.17, 15) is 0 Å². The van der Waals surface area contributed by atoms with Crippen LogP contribution in [0.5, 0.6) is 5.75 Å². The molecule has 0 saturated carbocycles.